The fourth-order valence-electron chi connectivity index (χ4n) is 4.65. The number of benzene rings is 3. The first kappa shape index (κ1) is 23.4. The minimum absolute atomic E-state index is 0.138. The molecule has 0 saturated carbocycles. The number of hydrogen-bond donors (Lipinski definition) is 2. The molecule has 2 aliphatic heterocycles. The largest absolute Gasteiger partial charge is 0.396 e. The summed E-state index contributed by atoms with van der Waals surface area (Å²) < 4.78 is 15.5. The Morgan fingerprint density at radius 2 is 1.81 bits per heavy atom. The van der Waals surface area contributed by atoms with E-state index in [2.05, 4.69) is 45.0 Å². The Hall–Kier alpha value is -4.01. The van der Waals surface area contributed by atoms with E-state index in [0.717, 1.165) is 40.1 Å². The van der Waals surface area contributed by atoms with E-state index >= 15 is 0 Å². The smallest absolute Gasteiger partial charge is 0.142 e. The summed E-state index contributed by atoms with van der Waals surface area (Å²) in [7, 11) is -0.184. The molecule has 2 aliphatic rings. The Labute approximate surface area is 217 Å². The average Bonchev–Trinajstić information content (AvgIpc) is 3.51. The second kappa shape index (κ2) is 10.2. The van der Waals surface area contributed by atoms with Gasteiger partial charge in [0, 0.05) is 28.9 Å². The van der Waals surface area contributed by atoms with E-state index in [1.54, 1.807) is 6.07 Å². The summed E-state index contributed by atoms with van der Waals surface area (Å²) in [5, 5.41) is 20.8. The van der Waals surface area contributed by atoms with E-state index in [4.69, 9.17) is 4.99 Å². The van der Waals surface area contributed by atoms with Gasteiger partial charge in [0.25, 0.3) is 0 Å². The minimum atomic E-state index is -0.246. The van der Waals surface area contributed by atoms with Crippen LogP contribution >= 0.6 is 10.5 Å². The van der Waals surface area contributed by atoms with E-state index in [-0.39, 0.29) is 22.9 Å². The normalized spacial score (nSPS) is 16.6. The van der Waals surface area contributed by atoms with E-state index in [0.29, 0.717) is 12.3 Å². The molecule has 0 bridgehead atoms. The monoisotopic (exact) mass is 511 g/mol. The van der Waals surface area contributed by atoms with Gasteiger partial charge in [-0.2, -0.15) is 5.10 Å². The molecule has 3 heterocycles. The molecule has 0 saturated heterocycles. The maximum Gasteiger partial charge on any atom is 0.142 e. The topological polar surface area (TPSA) is 65.7 Å². The number of nitrogens with zero attached hydrogens (tertiary/aromatic N) is 4. The number of rotatable bonds is 8. The van der Waals surface area contributed by atoms with Gasteiger partial charge in [-0.05, 0) is 52.9 Å². The van der Waals surface area contributed by atoms with Crippen LogP contribution < -0.4 is 5.32 Å². The molecule has 0 radical (unpaired) electrons. The molecule has 6 nitrogen and oxygen atoms in total. The number of aliphatic imine (C=N–C) groups is 1. The van der Waals surface area contributed by atoms with Gasteiger partial charge in [-0.1, -0.05) is 42.5 Å². The highest BCUT2D eigenvalue weighted by Crippen LogP contribution is 2.35. The van der Waals surface area contributed by atoms with Crippen molar-refractivity contribution in [2.24, 2.45) is 4.99 Å². The van der Waals surface area contributed by atoms with Crippen molar-refractivity contribution in [2.75, 3.05) is 17.7 Å². The standard InChI is InChI=1S/C29H26FN5OS/c30-24-8-4-7-22(15-24)19-35-27-10-9-25(16-23(27)17-32-35)33-28-26-11-13-37(14-12-36)29(26)34(20-31-28)18-21-5-2-1-3-6-21/h1-11,13,15-17,20,33,36H,12,14,18-19H2. The van der Waals surface area contributed by atoms with Crippen LogP contribution in [-0.2, 0) is 13.1 Å². The third kappa shape index (κ3) is 4.85. The predicted molar refractivity (Wildman–Crippen MR) is 150 cm³/mol. The highest BCUT2D eigenvalue weighted by atomic mass is 32.2. The van der Waals surface area contributed by atoms with Crippen LogP contribution in [0.3, 0.4) is 0 Å². The van der Waals surface area contributed by atoms with Crippen molar-refractivity contribution >= 4 is 38.4 Å². The molecule has 4 aromatic rings. The first-order valence-corrected chi connectivity index (χ1v) is 13.6. The number of nitrogens with one attached hydrogen (secondary N) is 1. The Morgan fingerprint density at radius 1 is 0.946 bits per heavy atom. The van der Waals surface area contributed by atoms with E-state index in [1.807, 2.05) is 53.6 Å². The van der Waals surface area contributed by atoms with Crippen LogP contribution in [0.15, 0.2) is 107 Å². The lowest BCUT2D eigenvalue weighted by Gasteiger charge is -2.28. The maximum atomic E-state index is 13.6. The summed E-state index contributed by atoms with van der Waals surface area (Å²) in [5.74, 6) is 1.23. The van der Waals surface area contributed by atoms with Crippen LogP contribution in [0.4, 0.5) is 10.1 Å². The molecule has 37 heavy (non-hydrogen) atoms. The second-order valence-electron chi connectivity index (χ2n) is 8.92. The highest BCUT2D eigenvalue weighted by Gasteiger charge is 2.26. The van der Waals surface area contributed by atoms with Gasteiger partial charge in [0.1, 0.15) is 11.6 Å². The van der Waals surface area contributed by atoms with Gasteiger partial charge in [-0.3, -0.25) is 4.68 Å². The van der Waals surface area contributed by atoms with Gasteiger partial charge in [0.05, 0.1) is 36.2 Å². The summed E-state index contributed by atoms with van der Waals surface area (Å²) in [6, 6.07) is 23.0. The van der Waals surface area contributed by atoms with Crippen molar-refractivity contribution in [3.05, 3.63) is 119 Å². The van der Waals surface area contributed by atoms with Gasteiger partial charge in [0.2, 0.25) is 0 Å². The summed E-state index contributed by atoms with van der Waals surface area (Å²) in [6.45, 7) is 1.37. The van der Waals surface area contributed by atoms with Crippen LogP contribution in [0.25, 0.3) is 10.9 Å². The van der Waals surface area contributed by atoms with E-state index in [9.17, 15) is 9.50 Å². The van der Waals surface area contributed by atoms with E-state index < -0.39 is 0 Å². The van der Waals surface area contributed by atoms with Gasteiger partial charge in [0.15, 0.2) is 0 Å². The van der Waals surface area contributed by atoms with Crippen LogP contribution in [0, 0.1) is 5.82 Å². The molecular weight excluding hydrogens is 485 g/mol. The number of aliphatic hydroxyl groups is 1. The lowest BCUT2D eigenvalue weighted by atomic mass is 10.1. The van der Waals surface area contributed by atoms with Gasteiger partial charge >= 0.3 is 0 Å². The van der Waals surface area contributed by atoms with E-state index in [1.165, 1.54) is 22.7 Å². The Kier molecular flexibility index (Phi) is 6.42. The Morgan fingerprint density at radius 3 is 2.65 bits per heavy atom. The Balaban J connectivity index is 1.27. The third-order valence-corrected chi connectivity index (χ3v) is 8.39. The molecule has 186 valence electrons. The summed E-state index contributed by atoms with van der Waals surface area (Å²) in [4.78, 5) is 8.14. The zero-order valence-corrected chi connectivity index (χ0v) is 20.9. The molecule has 1 aromatic heterocycles. The maximum absolute atomic E-state index is 13.6. The lowest BCUT2D eigenvalue weighted by Crippen LogP contribution is -2.33. The first-order chi connectivity index (χ1) is 18.2. The molecule has 0 amide bonds. The Bertz CT molecular complexity index is 1590. The summed E-state index contributed by atoms with van der Waals surface area (Å²) >= 11 is 0. The molecule has 0 aliphatic carbocycles. The fourth-order valence-corrected chi connectivity index (χ4v) is 6.47. The van der Waals surface area contributed by atoms with Crippen LogP contribution in [0.1, 0.15) is 11.1 Å². The SMILES string of the molecule is OCCS1=C2C(=C(Nc3ccc4c(cnn4Cc4cccc(F)c4)c3)N=CN2Cc2ccccc2)C=C1. The lowest BCUT2D eigenvalue weighted by molar-refractivity contribution is 0.322. The minimum Gasteiger partial charge on any atom is -0.396 e. The molecular formula is C29H26FN5OS. The molecule has 3 aromatic carbocycles. The van der Waals surface area contributed by atoms with Gasteiger partial charge in [-0.15, -0.1) is 10.5 Å². The number of halogens is 1. The van der Waals surface area contributed by atoms with Crippen molar-refractivity contribution in [2.45, 2.75) is 13.1 Å². The zero-order chi connectivity index (χ0) is 25.2. The van der Waals surface area contributed by atoms with Crippen molar-refractivity contribution < 1.29 is 9.50 Å². The van der Waals surface area contributed by atoms with Gasteiger partial charge < -0.3 is 15.3 Å². The van der Waals surface area contributed by atoms with Crippen molar-refractivity contribution in [3.8, 4) is 0 Å². The molecule has 1 atom stereocenters. The molecule has 8 heteroatoms. The number of hydrogen-bond acceptors (Lipinski definition) is 5. The first-order valence-electron chi connectivity index (χ1n) is 12.1. The third-order valence-electron chi connectivity index (χ3n) is 6.35. The van der Waals surface area contributed by atoms with Crippen molar-refractivity contribution in [1.82, 2.24) is 14.7 Å². The predicted octanol–water partition coefficient (Wildman–Crippen LogP) is 5.31. The molecule has 1 unspecified atom stereocenters. The molecule has 0 spiro atoms. The number of anilines is 1. The number of aliphatic hydroxyl groups excluding tert-OH is 1. The van der Waals surface area contributed by atoms with Crippen LogP contribution in [0.5, 0.6) is 0 Å². The number of aromatic nitrogens is 2. The highest BCUT2D eigenvalue weighted by molar-refractivity contribution is 8.19. The molecule has 6 rings (SSSR count). The van der Waals surface area contributed by atoms with Crippen molar-refractivity contribution in [1.29, 1.82) is 0 Å². The summed E-state index contributed by atoms with van der Waals surface area (Å²) in [6.07, 6.45) is 5.82. The quantitative estimate of drug-likeness (QED) is 0.315. The second-order valence-corrected chi connectivity index (χ2v) is 10.8. The van der Waals surface area contributed by atoms with Crippen LogP contribution in [-0.4, -0.2) is 43.5 Å². The van der Waals surface area contributed by atoms with Crippen molar-refractivity contribution in [3.63, 3.8) is 0 Å². The van der Waals surface area contributed by atoms with Crippen LogP contribution in [0.2, 0.25) is 0 Å². The fraction of sp³-hybridized carbons (Fsp3) is 0.138. The average molecular weight is 512 g/mol. The molecule has 2 N–H and O–H groups in total. The number of fused-ring (bicyclic) bond motifs is 2. The van der Waals surface area contributed by atoms with Gasteiger partial charge in [-0.25, -0.2) is 9.38 Å². The zero-order valence-electron chi connectivity index (χ0n) is 20.1. The summed E-state index contributed by atoms with van der Waals surface area (Å²) in [5.41, 5.74) is 5.02. The molecule has 0 fully saturated rings.